The van der Waals surface area contributed by atoms with Crippen molar-refractivity contribution >= 4 is 0 Å². The molecule has 96 valence electrons. The summed E-state index contributed by atoms with van der Waals surface area (Å²) in [7, 11) is 0. The highest BCUT2D eigenvalue weighted by Gasteiger charge is 2.43. The molecule has 16 heavy (non-hydrogen) atoms. The van der Waals surface area contributed by atoms with E-state index in [1.807, 2.05) is 0 Å². The summed E-state index contributed by atoms with van der Waals surface area (Å²) in [6, 6.07) is 0. The second-order valence-electron chi connectivity index (χ2n) is 4.84. The van der Waals surface area contributed by atoms with Crippen molar-refractivity contribution in [3.63, 3.8) is 0 Å². The first-order valence-electron chi connectivity index (χ1n) is 8.02. The predicted molar refractivity (Wildman–Crippen MR) is 60.8 cm³/mol. The summed E-state index contributed by atoms with van der Waals surface area (Å²) in [5.41, 5.74) is -1.60. The van der Waals surface area contributed by atoms with Crippen LogP contribution in [0.2, 0.25) is 0 Å². The minimum absolute atomic E-state index is 0.00114. The van der Waals surface area contributed by atoms with Crippen LogP contribution in [0.1, 0.15) is 34.0 Å². The molecule has 1 fully saturated rings. The number of hydrogen-bond donors (Lipinski definition) is 0. The normalized spacial score (nSPS) is 38.9. The van der Waals surface area contributed by atoms with E-state index in [1.54, 1.807) is 13.8 Å². The number of nitrogens with zero attached hydrogens (tertiary/aromatic N) is 1. The fourth-order valence-corrected chi connectivity index (χ4v) is 1.97. The minimum atomic E-state index is -2.72. The van der Waals surface area contributed by atoms with Gasteiger partial charge < -0.3 is 9.64 Å². The number of alkyl halides is 2. The lowest BCUT2D eigenvalue weighted by molar-refractivity contribution is -0.0971. The fourth-order valence-electron chi connectivity index (χ4n) is 1.97. The van der Waals surface area contributed by atoms with Gasteiger partial charge in [-0.1, -0.05) is 6.92 Å². The molecule has 4 heteroatoms. The van der Waals surface area contributed by atoms with Gasteiger partial charge in [0.05, 0.1) is 15.4 Å². The molecule has 1 rings (SSSR count). The molecule has 0 spiro atoms. The molecule has 0 amide bonds. The molecule has 1 aliphatic heterocycles. The lowest BCUT2D eigenvalue weighted by Gasteiger charge is -2.45. The molecule has 0 aliphatic carbocycles. The smallest absolute Gasteiger partial charge is 0.242 e. The van der Waals surface area contributed by atoms with E-state index in [2.05, 4.69) is 0 Å². The summed E-state index contributed by atoms with van der Waals surface area (Å²) in [4.78, 5) is 1.08. The molecular formula is C12H23F2NO. The first-order valence-corrected chi connectivity index (χ1v) is 5.52. The van der Waals surface area contributed by atoms with Crippen molar-refractivity contribution in [1.29, 1.82) is 0 Å². The molecule has 0 unspecified atom stereocenters. The average Bonchev–Trinajstić information content (AvgIpc) is 2.24. The molecule has 1 heterocycles. The van der Waals surface area contributed by atoms with Gasteiger partial charge in [-0.05, 0) is 33.8 Å². The molecule has 2 nitrogen and oxygen atoms in total. The summed E-state index contributed by atoms with van der Waals surface area (Å²) in [6.07, 6.45) is -3.29. The lowest BCUT2D eigenvalue weighted by atomic mass is 9.73. The zero-order valence-corrected chi connectivity index (χ0v) is 9.96. The second kappa shape index (κ2) is 5.41. The number of piperidine rings is 1. The van der Waals surface area contributed by atoms with Crippen molar-refractivity contribution in [1.82, 2.24) is 4.90 Å². The van der Waals surface area contributed by atoms with Crippen LogP contribution in [0.4, 0.5) is 8.78 Å². The van der Waals surface area contributed by atoms with Crippen molar-refractivity contribution < 1.29 is 20.4 Å². The number of hydrogen-bond acceptors (Lipinski definition) is 2. The topological polar surface area (TPSA) is 12.5 Å². The number of likely N-dealkylation sites (tertiary alicyclic amines) is 1. The van der Waals surface area contributed by atoms with Crippen molar-refractivity contribution in [3.8, 4) is 0 Å². The van der Waals surface area contributed by atoms with E-state index in [4.69, 9.17) is 11.6 Å². The molecule has 0 aromatic rings. The molecule has 1 saturated heterocycles. The van der Waals surface area contributed by atoms with Gasteiger partial charge in [-0.25, -0.2) is 8.78 Å². The van der Waals surface area contributed by atoms with Crippen LogP contribution in [0.25, 0.3) is 0 Å². The maximum absolute atomic E-state index is 13.3. The van der Waals surface area contributed by atoms with Crippen molar-refractivity contribution in [2.24, 2.45) is 11.3 Å². The van der Waals surface area contributed by atoms with Crippen LogP contribution in [-0.2, 0) is 4.74 Å². The van der Waals surface area contributed by atoms with Crippen LogP contribution in [-0.4, -0.2) is 44.1 Å². The largest absolute Gasteiger partial charge is 0.378 e. The van der Waals surface area contributed by atoms with Crippen LogP contribution in [0, 0.1) is 11.3 Å². The van der Waals surface area contributed by atoms with Crippen molar-refractivity contribution in [2.75, 3.05) is 26.6 Å². The summed E-state index contributed by atoms with van der Waals surface area (Å²) < 4.78 is 70.3. The van der Waals surface area contributed by atoms with Gasteiger partial charge in [-0.2, -0.15) is 0 Å². The number of halogens is 2. The Morgan fingerprint density at radius 2 is 2.31 bits per heavy atom. The molecular weight excluding hydrogens is 212 g/mol. The molecule has 0 N–H and O–H groups in total. The van der Waals surface area contributed by atoms with Gasteiger partial charge in [-0.3, -0.25) is 0 Å². The quantitative estimate of drug-likeness (QED) is 0.749. The van der Waals surface area contributed by atoms with Gasteiger partial charge in [0.1, 0.15) is 0 Å². The van der Waals surface area contributed by atoms with Gasteiger partial charge >= 0.3 is 0 Å². The van der Waals surface area contributed by atoms with Crippen molar-refractivity contribution in [2.45, 2.75) is 39.7 Å². The van der Waals surface area contributed by atoms with Crippen LogP contribution in [0.3, 0.4) is 0 Å². The van der Waals surface area contributed by atoms with E-state index in [-0.39, 0.29) is 19.5 Å². The maximum Gasteiger partial charge on any atom is 0.242 e. The molecule has 0 radical (unpaired) electrons. The van der Waals surface area contributed by atoms with E-state index >= 15 is 0 Å². The van der Waals surface area contributed by atoms with Gasteiger partial charge in [0.2, 0.25) is 6.43 Å². The number of rotatable bonds is 4. The third-order valence-corrected chi connectivity index (χ3v) is 2.88. The van der Waals surface area contributed by atoms with E-state index in [0.29, 0.717) is 0 Å². The summed E-state index contributed by atoms with van der Waals surface area (Å²) in [6.45, 7) is -0.485. The molecule has 0 aromatic heterocycles. The number of ether oxygens (including phenoxy) is 1. The Morgan fingerprint density at radius 1 is 1.62 bits per heavy atom. The zero-order chi connectivity index (χ0) is 16.6. The Balaban J connectivity index is 3.14. The Morgan fingerprint density at radius 3 is 2.81 bits per heavy atom. The van der Waals surface area contributed by atoms with Gasteiger partial charge in [0, 0.05) is 22.0 Å². The van der Waals surface area contributed by atoms with Gasteiger partial charge in [-0.15, -0.1) is 0 Å². The monoisotopic (exact) mass is 240 g/mol. The fraction of sp³-hybridized carbons (Fsp3) is 1.00. The second-order valence-corrected chi connectivity index (χ2v) is 4.84. The van der Waals surface area contributed by atoms with Crippen LogP contribution in [0.15, 0.2) is 0 Å². The minimum Gasteiger partial charge on any atom is -0.378 e. The highest BCUT2D eigenvalue weighted by atomic mass is 19.3. The Kier molecular flexibility index (Phi) is 2.70. The highest BCUT2D eigenvalue weighted by Crippen LogP contribution is 2.39. The summed E-state index contributed by atoms with van der Waals surface area (Å²) >= 11 is 0. The van der Waals surface area contributed by atoms with Gasteiger partial charge in [0.15, 0.2) is 0 Å². The molecule has 0 aromatic carbocycles. The molecule has 2 atom stereocenters. The van der Waals surface area contributed by atoms with Gasteiger partial charge in [0.25, 0.3) is 0 Å². The van der Waals surface area contributed by atoms with Crippen molar-refractivity contribution in [3.05, 3.63) is 0 Å². The third kappa shape index (κ3) is 3.39. The third-order valence-electron chi connectivity index (χ3n) is 2.88. The van der Waals surface area contributed by atoms with Crippen LogP contribution in [0.5, 0.6) is 0 Å². The first kappa shape index (κ1) is 7.98. The average molecular weight is 240 g/mol. The first-order chi connectivity index (χ1) is 9.31. The van der Waals surface area contributed by atoms with E-state index < -0.39 is 37.4 Å². The van der Waals surface area contributed by atoms with E-state index in [0.717, 1.165) is 4.90 Å². The molecule has 0 saturated carbocycles. The summed E-state index contributed by atoms with van der Waals surface area (Å²) in [5.74, 6) is -1.25. The predicted octanol–water partition coefficient (Wildman–Crippen LogP) is 2.63. The van der Waals surface area contributed by atoms with Crippen LogP contribution >= 0.6 is 0 Å². The molecule has 0 bridgehead atoms. The Labute approximate surface area is 104 Å². The summed E-state index contributed by atoms with van der Waals surface area (Å²) in [5, 5.41) is 0. The van der Waals surface area contributed by atoms with Crippen LogP contribution < -0.4 is 0 Å². The Hall–Kier alpha value is -0.220. The van der Waals surface area contributed by atoms with E-state index in [9.17, 15) is 8.78 Å². The Bertz CT molecular complexity index is 364. The zero-order valence-electron chi connectivity index (χ0n) is 15.0. The maximum atomic E-state index is 13.3. The highest BCUT2D eigenvalue weighted by molar-refractivity contribution is 4.90. The lowest BCUT2D eigenvalue weighted by Crippen LogP contribution is -2.50. The standard InChI is InChI=1S/C12H23F2NO/c1-9(2)16-8-12(3)7-15(4)6-5-10(12)11(13)14/h9-11H,5-8H2,1-4H3/t10-,12+/m1/s1/i4D3,8D2. The van der Waals surface area contributed by atoms with E-state index in [1.165, 1.54) is 6.92 Å². The SMILES string of the molecule is [2H]C([2H])([2H])N1CC[C@H](C(F)F)[C@](C)(C([2H])([2H])OC(C)C)C1. The molecule has 1 aliphatic rings.